The second kappa shape index (κ2) is 7.19. The summed E-state index contributed by atoms with van der Waals surface area (Å²) in [4.78, 5) is 20.4. The van der Waals surface area contributed by atoms with Crippen molar-refractivity contribution in [3.63, 3.8) is 0 Å². The first-order valence-corrected chi connectivity index (χ1v) is 7.73. The van der Waals surface area contributed by atoms with Gasteiger partial charge >= 0.3 is 0 Å². The molecular weight excluding hydrogens is 294 g/mol. The van der Waals surface area contributed by atoms with Gasteiger partial charge in [-0.25, -0.2) is 0 Å². The number of nitrogens with one attached hydrogen (secondary N) is 1. The van der Waals surface area contributed by atoms with Crippen LogP contribution in [0.3, 0.4) is 0 Å². The van der Waals surface area contributed by atoms with Crippen LogP contribution in [0.4, 0.5) is 0 Å². The Morgan fingerprint density at radius 2 is 2.00 bits per heavy atom. The van der Waals surface area contributed by atoms with Crippen LogP contribution in [0.1, 0.15) is 36.2 Å². The highest BCUT2D eigenvalue weighted by Crippen LogP contribution is 2.21. The molecule has 2 N–H and O–H groups in total. The fourth-order valence-electron chi connectivity index (χ4n) is 2.62. The van der Waals surface area contributed by atoms with Gasteiger partial charge in [0.2, 0.25) is 0 Å². The Morgan fingerprint density at radius 3 is 2.74 bits per heavy atom. The topological polar surface area (TPSA) is 84.3 Å². The number of hydrogen-bond acceptors (Lipinski definition) is 5. The average Bonchev–Trinajstić information content (AvgIpc) is 2.58. The van der Waals surface area contributed by atoms with Crippen LogP contribution in [0.25, 0.3) is 0 Å². The van der Waals surface area contributed by atoms with E-state index in [1.807, 2.05) is 0 Å². The van der Waals surface area contributed by atoms with Crippen molar-refractivity contribution in [1.82, 2.24) is 15.3 Å². The molecule has 6 nitrogen and oxygen atoms in total. The molecule has 3 rings (SSSR count). The minimum atomic E-state index is -0.238. The molecule has 23 heavy (non-hydrogen) atoms. The van der Waals surface area contributed by atoms with E-state index in [0.717, 1.165) is 25.7 Å². The molecule has 6 heteroatoms. The summed E-state index contributed by atoms with van der Waals surface area (Å²) in [5, 5.41) is 12.5. The van der Waals surface area contributed by atoms with Gasteiger partial charge in [0.1, 0.15) is 17.2 Å². The van der Waals surface area contributed by atoms with Crippen LogP contribution in [0, 0.1) is 0 Å². The maximum Gasteiger partial charge on any atom is 0.270 e. The summed E-state index contributed by atoms with van der Waals surface area (Å²) in [6.45, 7) is 0. The number of pyridine rings is 2. The van der Waals surface area contributed by atoms with Gasteiger partial charge in [0.05, 0.1) is 12.3 Å². The standard InChI is InChI=1S/C17H19N3O3/c21-13-5-3-12(4-6-13)20-17(22)16-10-14(7-9-19-16)23-15-2-1-8-18-11-15/h1-2,7-13,21H,3-6H2,(H,20,22)/t12-,13-. The van der Waals surface area contributed by atoms with Crippen LogP contribution in [0.2, 0.25) is 0 Å². The Balaban J connectivity index is 1.63. The van der Waals surface area contributed by atoms with Crippen LogP contribution in [-0.2, 0) is 0 Å². The smallest absolute Gasteiger partial charge is 0.270 e. The van der Waals surface area contributed by atoms with Gasteiger partial charge in [0, 0.05) is 24.5 Å². The average molecular weight is 313 g/mol. The molecule has 1 amide bonds. The van der Waals surface area contributed by atoms with Gasteiger partial charge in [-0.3, -0.25) is 14.8 Å². The molecule has 0 atom stereocenters. The molecule has 1 aliphatic rings. The van der Waals surface area contributed by atoms with Crippen LogP contribution in [0.15, 0.2) is 42.9 Å². The third-order valence-corrected chi connectivity index (χ3v) is 3.87. The molecule has 0 radical (unpaired) electrons. The van der Waals surface area contributed by atoms with Crippen molar-refractivity contribution >= 4 is 5.91 Å². The van der Waals surface area contributed by atoms with E-state index >= 15 is 0 Å². The van der Waals surface area contributed by atoms with E-state index in [0.29, 0.717) is 17.2 Å². The lowest BCUT2D eigenvalue weighted by molar-refractivity contribution is 0.0863. The Labute approximate surface area is 134 Å². The van der Waals surface area contributed by atoms with E-state index in [4.69, 9.17) is 4.74 Å². The van der Waals surface area contributed by atoms with Crippen molar-refractivity contribution in [2.24, 2.45) is 0 Å². The minimum absolute atomic E-state index is 0.0931. The van der Waals surface area contributed by atoms with Crippen LogP contribution >= 0.6 is 0 Å². The highest BCUT2D eigenvalue weighted by Gasteiger charge is 2.21. The van der Waals surface area contributed by atoms with Crippen LogP contribution in [-0.4, -0.2) is 33.1 Å². The third kappa shape index (κ3) is 4.26. The predicted molar refractivity (Wildman–Crippen MR) is 84.3 cm³/mol. The molecule has 1 aliphatic carbocycles. The summed E-state index contributed by atoms with van der Waals surface area (Å²) in [5.41, 5.74) is 0.317. The minimum Gasteiger partial charge on any atom is -0.456 e. The van der Waals surface area contributed by atoms with Crippen LogP contribution < -0.4 is 10.1 Å². The number of rotatable bonds is 4. The first kappa shape index (κ1) is 15.4. The SMILES string of the molecule is O=C(N[C@H]1CC[C@H](O)CC1)c1cc(Oc2cccnc2)ccn1. The molecule has 2 aromatic rings. The Kier molecular flexibility index (Phi) is 4.83. The van der Waals surface area contributed by atoms with E-state index in [1.165, 1.54) is 0 Å². The lowest BCUT2D eigenvalue weighted by Gasteiger charge is -2.26. The van der Waals surface area contributed by atoms with Gasteiger partial charge in [-0.1, -0.05) is 0 Å². The van der Waals surface area contributed by atoms with Gasteiger partial charge in [-0.2, -0.15) is 0 Å². The molecule has 0 bridgehead atoms. The maximum absolute atomic E-state index is 12.3. The lowest BCUT2D eigenvalue weighted by Crippen LogP contribution is -2.38. The number of nitrogens with zero attached hydrogens (tertiary/aromatic N) is 2. The zero-order valence-electron chi connectivity index (χ0n) is 12.7. The number of hydrogen-bond donors (Lipinski definition) is 2. The second-order valence-corrected chi connectivity index (χ2v) is 5.65. The van der Waals surface area contributed by atoms with Gasteiger partial charge in [0.25, 0.3) is 5.91 Å². The molecular formula is C17H19N3O3. The number of aromatic nitrogens is 2. The Bertz CT molecular complexity index is 655. The van der Waals surface area contributed by atoms with Gasteiger partial charge in [0.15, 0.2) is 0 Å². The van der Waals surface area contributed by atoms with E-state index < -0.39 is 0 Å². The molecule has 2 heterocycles. The maximum atomic E-state index is 12.3. The Morgan fingerprint density at radius 1 is 1.17 bits per heavy atom. The third-order valence-electron chi connectivity index (χ3n) is 3.87. The number of aliphatic hydroxyl groups is 1. The van der Waals surface area contributed by atoms with Crippen molar-refractivity contribution in [3.05, 3.63) is 48.5 Å². The molecule has 0 unspecified atom stereocenters. The summed E-state index contributed by atoms with van der Waals surface area (Å²) in [6, 6.07) is 6.97. The quantitative estimate of drug-likeness (QED) is 0.905. The summed E-state index contributed by atoms with van der Waals surface area (Å²) < 4.78 is 5.66. The lowest BCUT2D eigenvalue weighted by atomic mass is 9.93. The van der Waals surface area contributed by atoms with Crippen molar-refractivity contribution in [2.75, 3.05) is 0 Å². The molecule has 0 saturated heterocycles. The molecule has 2 aromatic heterocycles. The van der Waals surface area contributed by atoms with E-state index in [2.05, 4.69) is 15.3 Å². The first-order valence-electron chi connectivity index (χ1n) is 7.73. The predicted octanol–water partition coefficient (Wildman–Crippen LogP) is 2.30. The van der Waals surface area contributed by atoms with E-state index in [9.17, 15) is 9.90 Å². The van der Waals surface area contributed by atoms with Crippen molar-refractivity contribution in [1.29, 1.82) is 0 Å². The summed E-state index contributed by atoms with van der Waals surface area (Å²) in [5.74, 6) is 0.923. The fraction of sp³-hybridized carbons (Fsp3) is 0.353. The zero-order valence-corrected chi connectivity index (χ0v) is 12.7. The molecule has 120 valence electrons. The van der Waals surface area contributed by atoms with Crippen molar-refractivity contribution in [3.8, 4) is 11.5 Å². The summed E-state index contributed by atoms with van der Waals surface area (Å²) in [7, 11) is 0. The highest BCUT2D eigenvalue weighted by molar-refractivity contribution is 5.92. The molecule has 0 aliphatic heterocycles. The van der Waals surface area contributed by atoms with E-state index in [-0.39, 0.29) is 18.1 Å². The van der Waals surface area contributed by atoms with Gasteiger partial charge in [-0.05, 0) is 43.9 Å². The largest absolute Gasteiger partial charge is 0.456 e. The zero-order chi connectivity index (χ0) is 16.1. The number of aliphatic hydroxyl groups excluding tert-OH is 1. The van der Waals surface area contributed by atoms with Gasteiger partial charge in [-0.15, -0.1) is 0 Å². The summed E-state index contributed by atoms with van der Waals surface area (Å²) >= 11 is 0. The molecule has 1 saturated carbocycles. The normalized spacial score (nSPS) is 20.7. The molecule has 1 fully saturated rings. The monoisotopic (exact) mass is 313 g/mol. The first-order chi connectivity index (χ1) is 11.2. The summed E-state index contributed by atoms with van der Waals surface area (Å²) in [6.07, 6.45) is 7.61. The highest BCUT2D eigenvalue weighted by atomic mass is 16.5. The van der Waals surface area contributed by atoms with Crippen molar-refractivity contribution in [2.45, 2.75) is 37.8 Å². The van der Waals surface area contributed by atoms with E-state index in [1.54, 1.807) is 42.9 Å². The molecule has 0 spiro atoms. The van der Waals surface area contributed by atoms with Crippen molar-refractivity contribution < 1.29 is 14.6 Å². The second-order valence-electron chi connectivity index (χ2n) is 5.65. The number of carbonyl (C=O) groups is 1. The van der Waals surface area contributed by atoms with Crippen LogP contribution in [0.5, 0.6) is 11.5 Å². The number of ether oxygens (including phenoxy) is 1. The number of amides is 1. The van der Waals surface area contributed by atoms with Gasteiger partial charge < -0.3 is 15.2 Å². The fourth-order valence-corrected chi connectivity index (χ4v) is 2.62. The number of carbonyl (C=O) groups excluding carboxylic acids is 1. The Hall–Kier alpha value is -2.47. The molecule has 0 aromatic carbocycles.